The Labute approximate surface area is 88.9 Å². The number of alkyl halides is 3. The SMILES string of the molecule is NCCc1nccn2nc(C(F)(F)F)cc12. The van der Waals surface area contributed by atoms with Gasteiger partial charge in [0.15, 0.2) is 5.69 Å². The lowest BCUT2D eigenvalue weighted by molar-refractivity contribution is -0.141. The smallest absolute Gasteiger partial charge is 0.330 e. The standard InChI is InChI=1S/C9H9F3N4/c10-9(11,12)8-5-7-6(1-2-13)14-3-4-16(7)15-8/h3-5H,1-2,13H2. The largest absolute Gasteiger partial charge is 0.435 e. The molecular formula is C9H9F3N4. The molecule has 0 saturated heterocycles. The molecule has 0 aliphatic heterocycles. The van der Waals surface area contributed by atoms with Gasteiger partial charge in [-0.15, -0.1) is 0 Å². The maximum Gasteiger partial charge on any atom is 0.435 e. The van der Waals surface area contributed by atoms with Gasteiger partial charge in [0, 0.05) is 18.8 Å². The monoisotopic (exact) mass is 230 g/mol. The molecule has 0 aromatic carbocycles. The summed E-state index contributed by atoms with van der Waals surface area (Å²) in [4.78, 5) is 3.98. The van der Waals surface area contributed by atoms with Gasteiger partial charge in [0.1, 0.15) is 0 Å². The zero-order valence-corrected chi connectivity index (χ0v) is 8.20. The molecule has 0 spiro atoms. The molecule has 2 rings (SSSR count). The highest BCUT2D eigenvalue weighted by molar-refractivity contribution is 5.52. The summed E-state index contributed by atoms with van der Waals surface area (Å²) in [5, 5.41) is 3.44. The molecule has 0 fully saturated rings. The third-order valence-electron chi connectivity index (χ3n) is 2.14. The number of nitrogens with zero attached hydrogens (tertiary/aromatic N) is 3. The van der Waals surface area contributed by atoms with Crippen molar-refractivity contribution >= 4 is 5.52 Å². The number of fused-ring (bicyclic) bond motifs is 1. The maximum atomic E-state index is 12.4. The van der Waals surface area contributed by atoms with Crippen LogP contribution < -0.4 is 5.73 Å². The van der Waals surface area contributed by atoms with E-state index in [2.05, 4.69) is 10.1 Å². The predicted molar refractivity (Wildman–Crippen MR) is 50.7 cm³/mol. The quantitative estimate of drug-likeness (QED) is 0.844. The van der Waals surface area contributed by atoms with E-state index >= 15 is 0 Å². The van der Waals surface area contributed by atoms with Crippen LogP contribution in [-0.2, 0) is 12.6 Å². The molecule has 2 N–H and O–H groups in total. The maximum absolute atomic E-state index is 12.4. The average Bonchev–Trinajstić information content (AvgIpc) is 2.62. The predicted octanol–water partition coefficient (Wildman–Crippen LogP) is 1.25. The molecule has 0 unspecified atom stereocenters. The van der Waals surface area contributed by atoms with Crippen molar-refractivity contribution < 1.29 is 13.2 Å². The lowest BCUT2D eigenvalue weighted by Gasteiger charge is -1.99. The Balaban J connectivity index is 2.57. The molecule has 2 aromatic heterocycles. The third-order valence-corrected chi connectivity index (χ3v) is 2.14. The van der Waals surface area contributed by atoms with Gasteiger partial charge in [-0.05, 0) is 12.6 Å². The molecule has 0 aliphatic carbocycles. The van der Waals surface area contributed by atoms with Crippen molar-refractivity contribution in [3.05, 3.63) is 29.8 Å². The molecule has 0 saturated carbocycles. The third kappa shape index (κ3) is 1.85. The average molecular weight is 230 g/mol. The molecule has 0 radical (unpaired) electrons. The van der Waals surface area contributed by atoms with E-state index in [1.54, 1.807) is 0 Å². The molecule has 4 nitrogen and oxygen atoms in total. The van der Waals surface area contributed by atoms with Gasteiger partial charge in [-0.1, -0.05) is 0 Å². The summed E-state index contributed by atoms with van der Waals surface area (Å²) >= 11 is 0. The van der Waals surface area contributed by atoms with Crippen LogP contribution in [0.1, 0.15) is 11.4 Å². The molecule has 0 atom stereocenters. The zero-order valence-electron chi connectivity index (χ0n) is 8.20. The highest BCUT2D eigenvalue weighted by atomic mass is 19.4. The van der Waals surface area contributed by atoms with Crippen LogP contribution in [0.2, 0.25) is 0 Å². The van der Waals surface area contributed by atoms with Crippen LogP contribution in [0, 0.1) is 0 Å². The molecule has 2 heterocycles. The van der Waals surface area contributed by atoms with Gasteiger partial charge in [0.05, 0.1) is 11.2 Å². The summed E-state index contributed by atoms with van der Waals surface area (Å²) < 4.78 is 38.4. The van der Waals surface area contributed by atoms with E-state index in [-0.39, 0.29) is 0 Å². The van der Waals surface area contributed by atoms with Crippen LogP contribution in [0.3, 0.4) is 0 Å². The Morgan fingerprint density at radius 3 is 2.75 bits per heavy atom. The minimum Gasteiger partial charge on any atom is -0.330 e. The number of hydrogen-bond donors (Lipinski definition) is 1. The highest BCUT2D eigenvalue weighted by Crippen LogP contribution is 2.29. The summed E-state index contributed by atoms with van der Waals surface area (Å²) in [6.45, 7) is 0.333. The summed E-state index contributed by atoms with van der Waals surface area (Å²) in [6.07, 6.45) is -1.23. The van der Waals surface area contributed by atoms with Crippen molar-refractivity contribution in [2.45, 2.75) is 12.6 Å². The lowest BCUT2D eigenvalue weighted by atomic mass is 10.2. The first kappa shape index (κ1) is 10.9. The van der Waals surface area contributed by atoms with Gasteiger partial charge in [0.2, 0.25) is 0 Å². The molecular weight excluding hydrogens is 221 g/mol. The van der Waals surface area contributed by atoms with E-state index in [1.807, 2.05) is 0 Å². The molecule has 0 aliphatic rings. The summed E-state index contributed by atoms with van der Waals surface area (Å²) in [6, 6.07) is 0.984. The second kappa shape index (κ2) is 3.75. The van der Waals surface area contributed by atoms with Crippen LogP contribution in [0.5, 0.6) is 0 Å². The summed E-state index contributed by atoms with van der Waals surface area (Å²) in [5.74, 6) is 0. The van der Waals surface area contributed by atoms with Gasteiger partial charge < -0.3 is 5.73 Å². The van der Waals surface area contributed by atoms with Gasteiger partial charge in [-0.25, -0.2) is 4.52 Å². The van der Waals surface area contributed by atoms with E-state index < -0.39 is 11.9 Å². The van der Waals surface area contributed by atoms with Crippen LogP contribution in [-0.4, -0.2) is 21.1 Å². The minimum absolute atomic E-state index is 0.333. The first-order chi connectivity index (χ1) is 7.52. The number of rotatable bonds is 2. The first-order valence-electron chi connectivity index (χ1n) is 4.63. The Bertz CT molecular complexity index is 503. The minimum atomic E-state index is -4.44. The Morgan fingerprint density at radius 1 is 1.38 bits per heavy atom. The van der Waals surface area contributed by atoms with Crippen molar-refractivity contribution in [2.75, 3.05) is 6.54 Å². The van der Waals surface area contributed by atoms with Crippen LogP contribution in [0.4, 0.5) is 13.2 Å². The van der Waals surface area contributed by atoms with Crippen LogP contribution in [0.25, 0.3) is 5.52 Å². The Morgan fingerprint density at radius 2 is 2.12 bits per heavy atom. The molecule has 7 heteroatoms. The number of hydrogen-bond acceptors (Lipinski definition) is 3. The van der Waals surface area contributed by atoms with Crippen LogP contribution >= 0.6 is 0 Å². The van der Waals surface area contributed by atoms with Gasteiger partial charge >= 0.3 is 6.18 Å². The van der Waals surface area contributed by atoms with Crippen molar-refractivity contribution in [1.29, 1.82) is 0 Å². The number of halogens is 3. The van der Waals surface area contributed by atoms with E-state index in [1.165, 1.54) is 16.9 Å². The van der Waals surface area contributed by atoms with E-state index in [0.717, 1.165) is 6.07 Å². The molecule has 0 amide bonds. The van der Waals surface area contributed by atoms with Crippen molar-refractivity contribution in [1.82, 2.24) is 14.6 Å². The van der Waals surface area contributed by atoms with E-state index in [4.69, 9.17) is 5.73 Å². The number of aromatic nitrogens is 3. The first-order valence-corrected chi connectivity index (χ1v) is 4.63. The van der Waals surface area contributed by atoms with Gasteiger partial charge in [0.25, 0.3) is 0 Å². The molecule has 16 heavy (non-hydrogen) atoms. The highest BCUT2D eigenvalue weighted by Gasteiger charge is 2.34. The topological polar surface area (TPSA) is 56.2 Å². The lowest BCUT2D eigenvalue weighted by Crippen LogP contribution is -2.06. The van der Waals surface area contributed by atoms with Crippen LogP contribution in [0.15, 0.2) is 18.5 Å². The van der Waals surface area contributed by atoms with Gasteiger partial charge in [-0.3, -0.25) is 4.98 Å². The second-order valence-electron chi connectivity index (χ2n) is 3.27. The van der Waals surface area contributed by atoms with Crippen molar-refractivity contribution in [3.63, 3.8) is 0 Å². The van der Waals surface area contributed by atoms with E-state index in [0.29, 0.717) is 24.2 Å². The Kier molecular flexibility index (Phi) is 2.55. The number of nitrogens with two attached hydrogens (primary N) is 1. The summed E-state index contributed by atoms with van der Waals surface area (Å²) in [5.41, 5.74) is 5.30. The molecule has 2 aromatic rings. The van der Waals surface area contributed by atoms with Crippen molar-refractivity contribution in [3.8, 4) is 0 Å². The van der Waals surface area contributed by atoms with Gasteiger partial charge in [-0.2, -0.15) is 18.3 Å². The fourth-order valence-corrected chi connectivity index (χ4v) is 1.44. The zero-order chi connectivity index (χ0) is 11.8. The van der Waals surface area contributed by atoms with E-state index in [9.17, 15) is 13.2 Å². The van der Waals surface area contributed by atoms with Crippen molar-refractivity contribution in [2.24, 2.45) is 5.73 Å². The second-order valence-corrected chi connectivity index (χ2v) is 3.27. The normalized spacial score (nSPS) is 12.2. The molecule has 0 bridgehead atoms. The fraction of sp³-hybridized carbons (Fsp3) is 0.333. The fourth-order valence-electron chi connectivity index (χ4n) is 1.44. The molecule has 86 valence electrons. The Hall–Kier alpha value is -1.63. The summed E-state index contributed by atoms with van der Waals surface area (Å²) in [7, 11) is 0.